The number of hydrogen-bond donors (Lipinski definition) is 0. The first-order valence-electron chi connectivity index (χ1n) is 4.06. The number of rotatable bonds is 0. The van der Waals surface area contributed by atoms with Crippen LogP contribution in [-0.2, 0) is 11.0 Å². The monoisotopic (exact) mass is 203 g/mol. The third kappa shape index (κ3) is 0.927. The number of fused-ring (bicyclic) bond motifs is 3. The SMILES string of the molecule is O=S1N=CC=c2ccc3c(c21)N=CN=3. The van der Waals surface area contributed by atoms with Crippen LogP contribution in [0.3, 0.4) is 0 Å². The molecule has 3 rings (SSSR count). The van der Waals surface area contributed by atoms with Crippen LogP contribution in [0, 0.1) is 0 Å². The maximum absolute atomic E-state index is 11.6. The topological polar surface area (TPSA) is 54.1 Å². The zero-order chi connectivity index (χ0) is 9.54. The van der Waals surface area contributed by atoms with Crippen molar-refractivity contribution in [3.63, 3.8) is 0 Å². The Morgan fingerprint density at radius 1 is 1.29 bits per heavy atom. The van der Waals surface area contributed by atoms with Gasteiger partial charge in [-0.05, 0) is 17.4 Å². The maximum atomic E-state index is 11.6. The Hall–Kier alpha value is -1.62. The van der Waals surface area contributed by atoms with Gasteiger partial charge in [0.2, 0.25) is 0 Å². The first-order chi connectivity index (χ1) is 6.86. The summed E-state index contributed by atoms with van der Waals surface area (Å²) in [5.74, 6) is 0. The predicted octanol–water partition coefficient (Wildman–Crippen LogP) is -0.133. The zero-order valence-electron chi connectivity index (χ0n) is 7.04. The molecule has 0 aliphatic carbocycles. The van der Waals surface area contributed by atoms with Gasteiger partial charge in [-0.2, -0.15) is 4.40 Å². The molecular weight excluding hydrogens is 198 g/mol. The second-order valence-corrected chi connectivity index (χ2v) is 4.01. The molecule has 2 heterocycles. The average Bonchev–Trinajstić information content (AvgIpc) is 2.65. The van der Waals surface area contributed by atoms with Crippen LogP contribution in [0.2, 0.25) is 0 Å². The molecule has 1 aromatic carbocycles. The van der Waals surface area contributed by atoms with E-state index in [-0.39, 0.29) is 0 Å². The Morgan fingerprint density at radius 2 is 2.21 bits per heavy atom. The van der Waals surface area contributed by atoms with Gasteiger partial charge in [0.1, 0.15) is 12.0 Å². The molecule has 68 valence electrons. The van der Waals surface area contributed by atoms with E-state index in [0.29, 0.717) is 10.6 Å². The molecule has 0 aromatic heterocycles. The molecule has 4 nitrogen and oxygen atoms in total. The number of aliphatic imine (C=N–C) groups is 1. The lowest BCUT2D eigenvalue weighted by Gasteiger charge is -2.03. The number of benzene rings is 1. The van der Waals surface area contributed by atoms with Gasteiger partial charge >= 0.3 is 0 Å². The Bertz CT molecular complexity index is 616. The number of nitrogens with zero attached hydrogens (tertiary/aromatic N) is 3. The summed E-state index contributed by atoms with van der Waals surface area (Å²) in [7, 11) is -1.33. The lowest BCUT2D eigenvalue weighted by Crippen LogP contribution is -2.18. The number of hydrogen-bond acceptors (Lipinski definition) is 3. The molecule has 0 saturated heterocycles. The molecule has 1 unspecified atom stereocenters. The fourth-order valence-corrected chi connectivity index (χ4v) is 2.42. The fraction of sp³-hybridized carbons (Fsp3) is 0. The van der Waals surface area contributed by atoms with Crippen molar-refractivity contribution in [2.75, 3.05) is 0 Å². The van der Waals surface area contributed by atoms with Gasteiger partial charge in [0.25, 0.3) is 0 Å². The molecule has 0 fully saturated rings. The van der Waals surface area contributed by atoms with E-state index >= 15 is 0 Å². The summed E-state index contributed by atoms with van der Waals surface area (Å²) in [6.07, 6.45) is 4.85. The normalized spacial score (nSPS) is 21.0. The maximum Gasteiger partial charge on any atom is 0.175 e. The minimum absolute atomic E-state index is 0.669. The lowest BCUT2D eigenvalue weighted by atomic mass is 10.2. The molecule has 14 heavy (non-hydrogen) atoms. The third-order valence-electron chi connectivity index (χ3n) is 2.11. The van der Waals surface area contributed by atoms with Crippen molar-refractivity contribution in [2.24, 2.45) is 14.4 Å². The van der Waals surface area contributed by atoms with Crippen molar-refractivity contribution < 1.29 is 4.21 Å². The summed E-state index contributed by atoms with van der Waals surface area (Å²) in [6.45, 7) is 0. The van der Waals surface area contributed by atoms with Crippen LogP contribution >= 0.6 is 0 Å². The highest BCUT2D eigenvalue weighted by atomic mass is 32.2. The summed E-state index contributed by atoms with van der Waals surface area (Å²) in [5.41, 5.74) is 0.689. The predicted molar refractivity (Wildman–Crippen MR) is 54.7 cm³/mol. The van der Waals surface area contributed by atoms with Gasteiger partial charge in [-0.3, -0.25) is 0 Å². The van der Waals surface area contributed by atoms with Crippen molar-refractivity contribution in [2.45, 2.75) is 4.90 Å². The zero-order valence-corrected chi connectivity index (χ0v) is 7.86. The standard InChI is InChI=1S/C9H5N3OS/c13-14-9-6(3-4-12-14)1-2-7-8(9)11-5-10-7/h1-5H. The second kappa shape index (κ2) is 2.68. The van der Waals surface area contributed by atoms with Gasteiger partial charge in [-0.1, -0.05) is 6.07 Å². The largest absolute Gasteiger partial charge is 0.235 e. The first-order valence-corrected chi connectivity index (χ1v) is 5.16. The van der Waals surface area contributed by atoms with E-state index < -0.39 is 11.0 Å². The Kier molecular flexibility index (Phi) is 1.49. The quantitative estimate of drug-likeness (QED) is 0.579. The van der Waals surface area contributed by atoms with E-state index in [2.05, 4.69) is 14.4 Å². The molecule has 0 saturated carbocycles. The molecule has 0 spiro atoms. The van der Waals surface area contributed by atoms with Crippen LogP contribution in [0.1, 0.15) is 0 Å². The fourth-order valence-electron chi connectivity index (χ4n) is 1.49. The van der Waals surface area contributed by atoms with Crippen molar-refractivity contribution in [1.29, 1.82) is 0 Å². The van der Waals surface area contributed by atoms with Gasteiger partial charge in [0, 0.05) is 6.21 Å². The van der Waals surface area contributed by atoms with Gasteiger partial charge in [-0.25, -0.2) is 14.2 Å². The smallest absolute Gasteiger partial charge is 0.175 e. The van der Waals surface area contributed by atoms with E-state index in [9.17, 15) is 4.21 Å². The molecule has 1 aromatic rings. The van der Waals surface area contributed by atoms with Crippen molar-refractivity contribution >= 4 is 35.3 Å². The highest BCUT2D eigenvalue weighted by molar-refractivity contribution is 7.84. The van der Waals surface area contributed by atoms with E-state index in [0.717, 1.165) is 10.6 Å². The Labute approximate surface area is 82.0 Å². The van der Waals surface area contributed by atoms with Crippen LogP contribution in [0.4, 0.5) is 5.69 Å². The van der Waals surface area contributed by atoms with Crippen LogP contribution in [0.15, 0.2) is 31.4 Å². The van der Waals surface area contributed by atoms with Gasteiger partial charge < -0.3 is 0 Å². The first kappa shape index (κ1) is 7.75. The summed E-state index contributed by atoms with van der Waals surface area (Å²) < 4.78 is 15.4. The molecule has 2 aliphatic heterocycles. The summed E-state index contributed by atoms with van der Waals surface area (Å²) >= 11 is 0. The van der Waals surface area contributed by atoms with Crippen LogP contribution in [-0.4, -0.2) is 16.8 Å². The Balaban J connectivity index is 2.52. The van der Waals surface area contributed by atoms with Crippen LogP contribution in [0.5, 0.6) is 0 Å². The van der Waals surface area contributed by atoms with E-state index in [4.69, 9.17) is 0 Å². The van der Waals surface area contributed by atoms with Gasteiger partial charge in [0.05, 0.1) is 10.3 Å². The van der Waals surface area contributed by atoms with Crippen LogP contribution < -0.4 is 10.6 Å². The third-order valence-corrected chi connectivity index (χ3v) is 3.20. The Morgan fingerprint density at radius 3 is 3.14 bits per heavy atom. The van der Waals surface area contributed by atoms with Gasteiger partial charge in [-0.15, -0.1) is 0 Å². The molecule has 0 radical (unpaired) electrons. The van der Waals surface area contributed by atoms with Crippen molar-refractivity contribution in [1.82, 2.24) is 0 Å². The summed E-state index contributed by atoms with van der Waals surface area (Å²) in [6, 6.07) is 3.75. The molecule has 0 amide bonds. The second-order valence-electron chi connectivity index (χ2n) is 2.90. The minimum atomic E-state index is -1.33. The molecule has 0 N–H and O–H groups in total. The molecular formula is C9H5N3OS. The van der Waals surface area contributed by atoms with E-state index in [1.807, 2.05) is 18.2 Å². The van der Waals surface area contributed by atoms with Crippen molar-refractivity contribution in [3.8, 4) is 0 Å². The highest BCUT2D eigenvalue weighted by Gasteiger charge is 2.15. The molecule has 2 aliphatic rings. The van der Waals surface area contributed by atoms with Crippen LogP contribution in [0.25, 0.3) is 6.08 Å². The summed E-state index contributed by atoms with van der Waals surface area (Å²) in [4.78, 5) is 8.80. The van der Waals surface area contributed by atoms with Gasteiger partial charge in [0.15, 0.2) is 11.0 Å². The lowest BCUT2D eigenvalue weighted by molar-refractivity contribution is 0.684. The van der Waals surface area contributed by atoms with E-state index in [1.165, 1.54) is 6.34 Å². The summed E-state index contributed by atoms with van der Waals surface area (Å²) in [5, 5.41) is 1.67. The van der Waals surface area contributed by atoms with Crippen molar-refractivity contribution in [3.05, 3.63) is 22.7 Å². The van der Waals surface area contributed by atoms with E-state index in [1.54, 1.807) is 6.21 Å². The average molecular weight is 203 g/mol. The highest BCUT2D eigenvalue weighted by Crippen LogP contribution is 2.17. The molecule has 5 heteroatoms. The minimum Gasteiger partial charge on any atom is -0.235 e. The molecule has 1 atom stereocenters. The molecule has 0 bridgehead atoms.